The van der Waals surface area contributed by atoms with Gasteiger partial charge in [-0.2, -0.15) is 0 Å². The number of thiophene rings is 1. The molecule has 0 saturated heterocycles. The maximum Gasteiger partial charge on any atom is 0.113 e. The Hall–Kier alpha value is -8.60. The molecule has 1 nitrogen and oxygen atoms in total. The van der Waals surface area contributed by atoms with Gasteiger partial charge in [0.05, 0.1) is 11.0 Å². The number of rotatable bonds is 6. The first-order valence-corrected chi connectivity index (χ1v) is 29.2. The average Bonchev–Trinajstić information content (AvgIpc) is 4.06. The second kappa shape index (κ2) is 16.2. The van der Waals surface area contributed by atoms with Crippen LogP contribution in [0, 0.1) is 0 Å². The molecule has 0 aliphatic carbocycles. The summed E-state index contributed by atoms with van der Waals surface area (Å²) in [6.45, 7) is 5.09. The Morgan fingerprint density at radius 1 is 0.288 bits per heavy atom. The lowest BCUT2D eigenvalue weighted by Gasteiger charge is -2.20. The van der Waals surface area contributed by atoms with Crippen molar-refractivity contribution in [2.75, 3.05) is 0 Å². The topological polar surface area (TPSA) is 4.93 Å². The van der Waals surface area contributed by atoms with Crippen LogP contribution < -0.4 is 10.4 Å². The van der Waals surface area contributed by atoms with Gasteiger partial charge in [0.25, 0.3) is 0 Å². The van der Waals surface area contributed by atoms with Crippen molar-refractivity contribution in [2.24, 2.45) is 0 Å². The minimum Gasteiger partial charge on any atom is -0.309 e. The van der Waals surface area contributed by atoms with Crippen molar-refractivity contribution in [3.63, 3.8) is 0 Å². The monoisotopic (exact) mass is 961 g/mol. The molecule has 0 amide bonds. The van der Waals surface area contributed by atoms with Crippen molar-refractivity contribution < 1.29 is 0 Å². The van der Waals surface area contributed by atoms with Crippen molar-refractivity contribution in [3.8, 4) is 72.4 Å². The molecule has 0 radical (unpaired) electrons. The Balaban J connectivity index is 0.841. The molecule has 0 fully saturated rings. The lowest BCUT2D eigenvalue weighted by atomic mass is 9.95. The molecule has 73 heavy (non-hydrogen) atoms. The highest BCUT2D eigenvalue weighted by Crippen LogP contribution is 2.42. The van der Waals surface area contributed by atoms with Crippen LogP contribution >= 0.6 is 11.3 Å². The van der Waals surface area contributed by atoms with E-state index < -0.39 is 8.07 Å². The van der Waals surface area contributed by atoms with Crippen LogP contribution in [-0.4, -0.2) is 12.6 Å². The molecule has 14 aromatic rings. The molecule has 0 saturated carbocycles. The maximum absolute atomic E-state index is 2.54. The summed E-state index contributed by atoms with van der Waals surface area (Å²) in [5, 5.41) is 13.3. The Bertz CT molecular complexity index is 4380. The summed E-state index contributed by atoms with van der Waals surface area (Å²) in [5.74, 6) is 0. The van der Waals surface area contributed by atoms with E-state index in [4.69, 9.17) is 0 Å². The van der Waals surface area contributed by atoms with Crippen molar-refractivity contribution in [1.29, 1.82) is 0 Å². The highest BCUT2D eigenvalue weighted by atomic mass is 32.1. The van der Waals surface area contributed by atoms with Crippen LogP contribution in [0.25, 0.3) is 136 Å². The van der Waals surface area contributed by atoms with Gasteiger partial charge in [0.1, 0.15) is 8.07 Å². The Morgan fingerprint density at radius 3 is 1.33 bits per heavy atom. The van der Waals surface area contributed by atoms with Crippen molar-refractivity contribution in [3.05, 3.63) is 249 Å². The Morgan fingerprint density at radius 2 is 0.712 bits per heavy atom. The summed E-state index contributed by atoms with van der Waals surface area (Å²) in [5.41, 5.74) is 18.8. The zero-order valence-corrected chi connectivity index (χ0v) is 42.3. The van der Waals surface area contributed by atoms with Gasteiger partial charge in [0.2, 0.25) is 0 Å². The lowest BCUT2D eigenvalue weighted by molar-refractivity contribution is 1.18. The van der Waals surface area contributed by atoms with E-state index in [0.29, 0.717) is 0 Å². The smallest absolute Gasteiger partial charge is 0.113 e. The summed E-state index contributed by atoms with van der Waals surface area (Å²) in [4.78, 5) is 0. The first-order chi connectivity index (χ1) is 35.9. The Kier molecular flexibility index (Phi) is 9.35. The predicted molar refractivity (Wildman–Crippen MR) is 318 cm³/mol. The van der Waals surface area contributed by atoms with Crippen LogP contribution in [0.15, 0.2) is 249 Å². The van der Waals surface area contributed by atoms with Gasteiger partial charge in [0, 0.05) is 36.6 Å². The molecule has 3 heteroatoms. The summed E-state index contributed by atoms with van der Waals surface area (Å²) in [7, 11) is -2.12. The van der Waals surface area contributed by atoms with Gasteiger partial charge >= 0.3 is 0 Å². The largest absolute Gasteiger partial charge is 0.309 e. The second-order valence-corrected chi connectivity index (χ2v) is 25.8. The van der Waals surface area contributed by atoms with E-state index in [9.17, 15) is 0 Å². The van der Waals surface area contributed by atoms with Crippen LogP contribution in [0.4, 0.5) is 0 Å². The van der Waals surface area contributed by atoms with E-state index in [1.54, 1.807) is 0 Å². The minimum absolute atomic E-state index is 1.21. The third kappa shape index (κ3) is 6.66. The van der Waals surface area contributed by atoms with Gasteiger partial charge in [-0.3, -0.25) is 0 Å². The standard InChI is InChI=1S/C70H47NSSi/c1-73(2)69-42-53(52-32-38-68-64(41-52)59-17-7-8-20-67(59)72-68)29-34-60(69)61-35-33-54(43-70(61)73)71-65-36-30-50(44-21-25-48(26-22-44)57-18-9-13-46-11-3-5-15-55(46)57)39-62(65)63-40-51(31-37-66(63)71)45-23-27-49(28-24-45)58-19-10-14-47-12-4-6-16-56(47)58/h3-43H,1-2H3. The fraction of sp³-hybridized carbons (Fsp3) is 0.0286. The molecule has 1 aliphatic heterocycles. The molecule has 0 bridgehead atoms. The van der Waals surface area contributed by atoms with E-state index in [2.05, 4.69) is 266 Å². The number of hydrogen-bond acceptors (Lipinski definition) is 1. The van der Waals surface area contributed by atoms with Crippen LogP contribution in [0.2, 0.25) is 13.1 Å². The lowest BCUT2D eigenvalue weighted by Crippen LogP contribution is -2.49. The van der Waals surface area contributed by atoms with E-state index in [1.165, 1.54) is 146 Å². The van der Waals surface area contributed by atoms with E-state index in [-0.39, 0.29) is 0 Å². The molecular weight excluding hydrogens is 915 g/mol. The maximum atomic E-state index is 2.54. The minimum atomic E-state index is -2.12. The van der Waals surface area contributed by atoms with E-state index in [1.807, 2.05) is 11.3 Å². The molecule has 2 aromatic heterocycles. The van der Waals surface area contributed by atoms with Gasteiger partial charge in [-0.15, -0.1) is 11.3 Å². The van der Waals surface area contributed by atoms with Crippen molar-refractivity contribution in [1.82, 2.24) is 4.57 Å². The van der Waals surface area contributed by atoms with E-state index in [0.717, 1.165) is 0 Å². The molecule has 3 heterocycles. The summed E-state index contributed by atoms with van der Waals surface area (Å²) in [6, 6.07) is 93.4. The quantitative estimate of drug-likeness (QED) is 0.146. The fourth-order valence-corrected chi connectivity index (χ4v) is 16.4. The van der Waals surface area contributed by atoms with Gasteiger partial charge < -0.3 is 4.57 Å². The molecule has 342 valence electrons. The molecule has 0 N–H and O–H groups in total. The molecule has 0 atom stereocenters. The van der Waals surface area contributed by atoms with Gasteiger partial charge in [0.15, 0.2) is 0 Å². The van der Waals surface area contributed by atoms with Crippen molar-refractivity contribution >= 4 is 93.3 Å². The predicted octanol–water partition coefficient (Wildman–Crippen LogP) is 18.6. The number of fused-ring (bicyclic) bond motifs is 11. The van der Waals surface area contributed by atoms with Gasteiger partial charge in [-0.1, -0.05) is 207 Å². The molecule has 0 spiro atoms. The first-order valence-electron chi connectivity index (χ1n) is 25.4. The number of benzene rings is 12. The Labute approximate surface area is 429 Å². The van der Waals surface area contributed by atoms with Crippen LogP contribution in [0.1, 0.15) is 0 Å². The second-order valence-electron chi connectivity index (χ2n) is 20.4. The van der Waals surface area contributed by atoms with Crippen LogP contribution in [0.3, 0.4) is 0 Å². The normalized spacial score (nSPS) is 12.9. The summed E-state index contributed by atoms with van der Waals surface area (Å²) in [6.07, 6.45) is 0. The molecule has 0 unspecified atom stereocenters. The highest BCUT2D eigenvalue weighted by molar-refractivity contribution is 7.25. The van der Waals surface area contributed by atoms with Crippen molar-refractivity contribution in [2.45, 2.75) is 13.1 Å². The zero-order chi connectivity index (χ0) is 48.4. The number of aromatic nitrogens is 1. The van der Waals surface area contributed by atoms with Gasteiger partial charge in [-0.05, 0) is 153 Å². The zero-order valence-electron chi connectivity index (χ0n) is 40.5. The third-order valence-electron chi connectivity index (χ3n) is 16.0. The average molecular weight is 962 g/mol. The van der Waals surface area contributed by atoms with Crippen LogP contribution in [-0.2, 0) is 0 Å². The van der Waals surface area contributed by atoms with E-state index >= 15 is 0 Å². The summed E-state index contributed by atoms with van der Waals surface area (Å²) >= 11 is 1.88. The first kappa shape index (κ1) is 42.1. The fourth-order valence-electron chi connectivity index (χ4n) is 12.2. The molecule has 15 rings (SSSR count). The molecule has 1 aliphatic rings. The van der Waals surface area contributed by atoms with Crippen LogP contribution in [0.5, 0.6) is 0 Å². The number of nitrogens with zero attached hydrogens (tertiary/aromatic N) is 1. The highest BCUT2D eigenvalue weighted by Gasteiger charge is 2.38. The SMILES string of the molecule is C[Si]1(C)c2cc(-c3ccc4sc5ccccc5c4c3)ccc2-c2ccc(-n3c4ccc(-c5ccc(-c6cccc7ccccc67)cc5)cc4c4cc(-c5ccc(-c6cccc7ccccc67)cc5)ccc43)cc21. The number of hydrogen-bond donors (Lipinski definition) is 0. The van der Waals surface area contributed by atoms with Gasteiger partial charge in [-0.25, -0.2) is 0 Å². The third-order valence-corrected chi connectivity index (χ3v) is 20.7. The molecule has 12 aromatic carbocycles. The summed E-state index contributed by atoms with van der Waals surface area (Å²) < 4.78 is 5.21. The molecular formula is C70H47NSSi.